The van der Waals surface area contributed by atoms with Gasteiger partial charge >= 0.3 is 6.09 Å². The maximum absolute atomic E-state index is 12.1. The van der Waals surface area contributed by atoms with E-state index >= 15 is 0 Å². The number of carbonyl (C=O) groups is 2. The second kappa shape index (κ2) is 6.16. The molecule has 0 spiro atoms. The van der Waals surface area contributed by atoms with Gasteiger partial charge in [-0.1, -0.05) is 6.07 Å². The highest BCUT2D eigenvalue weighted by Crippen LogP contribution is 2.39. The molecule has 2 aliphatic rings. The summed E-state index contributed by atoms with van der Waals surface area (Å²) < 4.78 is 2.00. The van der Waals surface area contributed by atoms with Crippen LogP contribution in [-0.2, 0) is 4.79 Å². The predicted octanol–water partition coefficient (Wildman–Crippen LogP) is 3.51. The van der Waals surface area contributed by atoms with Crippen molar-refractivity contribution in [2.75, 3.05) is 16.3 Å². The van der Waals surface area contributed by atoms with E-state index in [-0.39, 0.29) is 18.5 Å². The summed E-state index contributed by atoms with van der Waals surface area (Å²) in [5.74, 6) is -0.0886. The summed E-state index contributed by atoms with van der Waals surface area (Å²) >= 11 is 0. The molecule has 26 heavy (non-hydrogen) atoms. The zero-order valence-electron chi connectivity index (χ0n) is 14.9. The quantitative estimate of drug-likeness (QED) is 0.895. The molecule has 2 heterocycles. The molecule has 1 aromatic heterocycles. The second-order valence-electron chi connectivity index (χ2n) is 7.13. The van der Waals surface area contributed by atoms with E-state index in [1.54, 1.807) is 4.90 Å². The molecule has 0 bridgehead atoms. The van der Waals surface area contributed by atoms with Crippen molar-refractivity contribution in [1.29, 1.82) is 0 Å². The molecule has 1 saturated carbocycles. The number of rotatable bonds is 2. The Morgan fingerprint density at radius 3 is 2.58 bits per heavy atom. The monoisotopic (exact) mass is 354 g/mol. The Morgan fingerprint density at radius 2 is 1.96 bits per heavy atom. The molecule has 136 valence electrons. The average Bonchev–Trinajstić information content (AvgIpc) is 3.00. The van der Waals surface area contributed by atoms with E-state index in [4.69, 9.17) is 0 Å². The fraction of sp³-hybridized carbons (Fsp3) is 0.421. The van der Waals surface area contributed by atoms with Gasteiger partial charge in [-0.05, 0) is 43.9 Å². The summed E-state index contributed by atoms with van der Waals surface area (Å²) in [7, 11) is 0. The van der Waals surface area contributed by atoms with Gasteiger partial charge in [-0.2, -0.15) is 5.10 Å². The highest BCUT2D eigenvalue weighted by molar-refractivity contribution is 6.02. The lowest BCUT2D eigenvalue weighted by atomic mass is 9.93. The maximum atomic E-state index is 12.1. The van der Waals surface area contributed by atoms with Crippen molar-refractivity contribution < 1.29 is 14.7 Å². The molecule has 1 fully saturated rings. The molecule has 4 rings (SSSR count). The van der Waals surface area contributed by atoms with Crippen molar-refractivity contribution in [2.45, 2.75) is 45.2 Å². The van der Waals surface area contributed by atoms with Crippen molar-refractivity contribution in [3.05, 3.63) is 30.6 Å². The topological polar surface area (TPSA) is 78.7 Å². The Balaban J connectivity index is 1.75. The third kappa shape index (κ3) is 2.64. The van der Waals surface area contributed by atoms with Crippen LogP contribution in [0.5, 0.6) is 0 Å². The largest absolute Gasteiger partial charge is 0.465 e. The summed E-state index contributed by atoms with van der Waals surface area (Å²) in [6.45, 7) is 3.62. The molecular formula is C19H22N4O3. The van der Waals surface area contributed by atoms with E-state index in [1.165, 1.54) is 18.2 Å². The van der Waals surface area contributed by atoms with Crippen LogP contribution in [0.1, 0.15) is 39.2 Å². The minimum absolute atomic E-state index is 0.0886. The minimum atomic E-state index is -1.01. The lowest BCUT2D eigenvalue weighted by Gasteiger charge is -2.39. The Morgan fingerprint density at radius 1 is 1.19 bits per heavy atom. The van der Waals surface area contributed by atoms with Crippen molar-refractivity contribution in [1.82, 2.24) is 9.78 Å². The number of carboxylic acid groups (broad SMARTS) is 1. The van der Waals surface area contributed by atoms with Crippen LogP contribution in [0.4, 0.5) is 16.2 Å². The highest BCUT2D eigenvalue weighted by atomic mass is 16.4. The standard InChI is InChI=1S/C19H22N4O3/c1-12-10-21(19(25)26)18-8-14(6-7-17(18)23(12)13(2)24)15-9-20-22(11-15)16-4-3-5-16/h6-9,11-12,16H,3-5,10H2,1-2H3,(H,25,26)/t12-/m0/s1. The van der Waals surface area contributed by atoms with Gasteiger partial charge in [-0.3, -0.25) is 14.4 Å². The fourth-order valence-electron chi connectivity index (χ4n) is 3.80. The Kier molecular flexibility index (Phi) is 3.94. The van der Waals surface area contributed by atoms with E-state index < -0.39 is 6.09 Å². The van der Waals surface area contributed by atoms with Gasteiger partial charge < -0.3 is 10.0 Å². The molecule has 7 heteroatoms. The molecule has 2 aromatic rings. The molecular weight excluding hydrogens is 332 g/mol. The normalized spacial score (nSPS) is 19.8. The smallest absolute Gasteiger partial charge is 0.411 e. The van der Waals surface area contributed by atoms with Crippen LogP contribution >= 0.6 is 0 Å². The van der Waals surface area contributed by atoms with Gasteiger partial charge in [-0.25, -0.2) is 4.79 Å². The summed E-state index contributed by atoms with van der Waals surface area (Å²) in [6, 6.07) is 5.87. The third-order valence-electron chi connectivity index (χ3n) is 5.37. The summed E-state index contributed by atoms with van der Waals surface area (Å²) in [5, 5.41) is 14.1. The number of benzene rings is 1. The number of hydrogen-bond acceptors (Lipinski definition) is 3. The van der Waals surface area contributed by atoms with Crippen LogP contribution < -0.4 is 9.80 Å². The van der Waals surface area contributed by atoms with E-state index in [0.717, 1.165) is 24.0 Å². The van der Waals surface area contributed by atoms with E-state index in [9.17, 15) is 14.7 Å². The van der Waals surface area contributed by atoms with Crippen LogP contribution in [0, 0.1) is 0 Å². The van der Waals surface area contributed by atoms with Crippen molar-refractivity contribution in [2.24, 2.45) is 0 Å². The average molecular weight is 354 g/mol. The van der Waals surface area contributed by atoms with Crippen molar-refractivity contribution in [3.63, 3.8) is 0 Å². The molecule has 0 unspecified atom stereocenters. The van der Waals surface area contributed by atoms with E-state index in [0.29, 0.717) is 17.4 Å². The molecule has 7 nitrogen and oxygen atoms in total. The third-order valence-corrected chi connectivity index (χ3v) is 5.37. The van der Waals surface area contributed by atoms with Gasteiger partial charge in [-0.15, -0.1) is 0 Å². The van der Waals surface area contributed by atoms with Gasteiger partial charge in [0, 0.05) is 25.2 Å². The van der Waals surface area contributed by atoms with Gasteiger partial charge in [0.05, 0.1) is 29.7 Å². The first-order chi connectivity index (χ1) is 12.5. The molecule has 0 radical (unpaired) electrons. The van der Waals surface area contributed by atoms with Crippen LogP contribution in [0.3, 0.4) is 0 Å². The Labute approximate surface area is 151 Å². The first kappa shape index (κ1) is 16.6. The minimum Gasteiger partial charge on any atom is -0.465 e. The van der Waals surface area contributed by atoms with Crippen molar-refractivity contribution in [3.8, 4) is 11.1 Å². The molecule has 1 atom stereocenters. The maximum Gasteiger partial charge on any atom is 0.411 e. The van der Waals surface area contributed by atoms with Crippen LogP contribution in [-0.4, -0.2) is 39.5 Å². The Hall–Kier alpha value is -2.83. The fourth-order valence-corrected chi connectivity index (χ4v) is 3.80. The number of carbonyl (C=O) groups excluding carboxylic acids is 1. The predicted molar refractivity (Wildman–Crippen MR) is 98.5 cm³/mol. The van der Waals surface area contributed by atoms with Crippen LogP contribution in [0.25, 0.3) is 11.1 Å². The highest BCUT2D eigenvalue weighted by Gasteiger charge is 2.33. The first-order valence-corrected chi connectivity index (χ1v) is 8.94. The van der Waals surface area contributed by atoms with Gasteiger partial charge in [0.15, 0.2) is 0 Å². The lowest BCUT2D eigenvalue weighted by Crippen LogP contribution is -2.51. The lowest BCUT2D eigenvalue weighted by molar-refractivity contribution is -0.117. The summed E-state index contributed by atoms with van der Waals surface area (Å²) in [5.41, 5.74) is 3.03. The SMILES string of the molecule is CC(=O)N1c2ccc(-c3cnn(C4CCC4)c3)cc2N(C(=O)O)C[C@@H]1C. The molecule has 1 N–H and O–H groups in total. The van der Waals surface area contributed by atoms with Crippen LogP contribution in [0.2, 0.25) is 0 Å². The van der Waals surface area contributed by atoms with Crippen LogP contribution in [0.15, 0.2) is 30.6 Å². The molecule has 1 aliphatic carbocycles. The first-order valence-electron chi connectivity index (χ1n) is 8.94. The summed E-state index contributed by atoms with van der Waals surface area (Å²) in [4.78, 5) is 26.8. The molecule has 2 amide bonds. The molecule has 1 aliphatic heterocycles. The Bertz CT molecular complexity index is 871. The number of amides is 2. The zero-order chi connectivity index (χ0) is 18.4. The van der Waals surface area contributed by atoms with Gasteiger partial charge in [0.25, 0.3) is 0 Å². The number of fused-ring (bicyclic) bond motifs is 1. The number of aromatic nitrogens is 2. The summed E-state index contributed by atoms with van der Waals surface area (Å²) in [6.07, 6.45) is 6.38. The second-order valence-corrected chi connectivity index (χ2v) is 7.13. The molecule has 0 saturated heterocycles. The van der Waals surface area contributed by atoms with Crippen molar-refractivity contribution >= 4 is 23.4 Å². The van der Waals surface area contributed by atoms with E-state index in [1.807, 2.05) is 42.2 Å². The zero-order valence-corrected chi connectivity index (χ0v) is 14.9. The molecule has 1 aromatic carbocycles. The van der Waals surface area contributed by atoms with E-state index in [2.05, 4.69) is 5.10 Å². The van der Waals surface area contributed by atoms with Gasteiger partial charge in [0.2, 0.25) is 5.91 Å². The van der Waals surface area contributed by atoms with Gasteiger partial charge in [0.1, 0.15) is 0 Å². The number of hydrogen-bond donors (Lipinski definition) is 1. The number of anilines is 2. The number of nitrogens with zero attached hydrogens (tertiary/aromatic N) is 4.